The molecule has 2 aromatic heterocycles. The van der Waals surface area contributed by atoms with Crippen molar-refractivity contribution in [3.63, 3.8) is 0 Å². The number of hydrogen-bond acceptors (Lipinski definition) is 4. The molecule has 7 heteroatoms. The molecule has 0 fully saturated rings. The Morgan fingerprint density at radius 1 is 1.00 bits per heavy atom. The van der Waals surface area contributed by atoms with Crippen LogP contribution in [0.3, 0.4) is 0 Å². The minimum atomic E-state index is -0.492. The molecule has 0 radical (unpaired) electrons. The van der Waals surface area contributed by atoms with Crippen LogP contribution in [-0.2, 0) is 16.0 Å². The summed E-state index contributed by atoms with van der Waals surface area (Å²) in [5, 5.41) is 5.58. The number of fused-ring (bicyclic) bond motifs is 2. The van der Waals surface area contributed by atoms with Gasteiger partial charge >= 0.3 is 5.97 Å². The molecule has 2 heterocycles. The average Bonchev–Trinajstić information content (AvgIpc) is 3.25. The van der Waals surface area contributed by atoms with Crippen LogP contribution >= 0.6 is 11.6 Å². The average molecular weight is 498 g/mol. The van der Waals surface area contributed by atoms with E-state index in [0.29, 0.717) is 29.1 Å². The quantitative estimate of drug-likeness (QED) is 0.243. The van der Waals surface area contributed by atoms with E-state index >= 15 is 0 Å². The van der Waals surface area contributed by atoms with E-state index in [1.165, 1.54) is 7.11 Å². The van der Waals surface area contributed by atoms with Crippen molar-refractivity contribution >= 4 is 51.0 Å². The number of para-hydroxylation sites is 2. The number of carbonyl (C=O) groups is 2. The number of nitrogens with one attached hydrogen (secondary N) is 2. The first-order chi connectivity index (χ1) is 17.5. The van der Waals surface area contributed by atoms with Crippen molar-refractivity contribution in [1.29, 1.82) is 0 Å². The highest BCUT2D eigenvalue weighted by Crippen LogP contribution is 2.33. The Morgan fingerprint density at radius 3 is 2.67 bits per heavy atom. The zero-order valence-corrected chi connectivity index (χ0v) is 20.4. The Kier molecular flexibility index (Phi) is 6.69. The molecule has 0 atom stereocenters. The number of carbonyl (C=O) groups excluding carboxylic acids is 2. The summed E-state index contributed by atoms with van der Waals surface area (Å²) in [7, 11) is 1.32. The Bertz CT molecular complexity index is 1590. The summed E-state index contributed by atoms with van der Waals surface area (Å²) in [6.45, 7) is 0. The fourth-order valence-electron chi connectivity index (χ4n) is 4.42. The fourth-order valence-corrected chi connectivity index (χ4v) is 4.59. The number of nitrogens with zero attached hydrogens (tertiary/aromatic N) is 1. The van der Waals surface area contributed by atoms with Crippen molar-refractivity contribution in [3.8, 4) is 11.4 Å². The number of halogens is 1. The topological polar surface area (TPSA) is 84.1 Å². The number of amides is 1. The van der Waals surface area contributed by atoms with Crippen molar-refractivity contribution in [2.24, 2.45) is 0 Å². The number of benzene rings is 3. The number of esters is 1. The predicted octanol–water partition coefficient (Wildman–Crippen LogP) is 6.78. The maximum absolute atomic E-state index is 12.7. The van der Waals surface area contributed by atoms with Gasteiger partial charge in [-0.05, 0) is 60.9 Å². The van der Waals surface area contributed by atoms with E-state index in [2.05, 4.69) is 16.4 Å². The highest BCUT2D eigenvalue weighted by Gasteiger charge is 2.17. The summed E-state index contributed by atoms with van der Waals surface area (Å²) in [6, 6.07) is 24.6. The Balaban J connectivity index is 1.39. The summed E-state index contributed by atoms with van der Waals surface area (Å²) in [5.74, 6) is -0.663. The maximum atomic E-state index is 12.7. The number of ether oxygens (including phenoxy) is 1. The third-order valence-electron chi connectivity index (χ3n) is 6.16. The third-order valence-corrected chi connectivity index (χ3v) is 6.39. The molecule has 180 valence electrons. The second-order valence-corrected chi connectivity index (χ2v) is 8.93. The largest absolute Gasteiger partial charge is 0.465 e. The molecule has 0 unspecified atom stereocenters. The van der Waals surface area contributed by atoms with Crippen LogP contribution in [0.4, 0.5) is 5.69 Å². The van der Waals surface area contributed by atoms with Crippen LogP contribution in [0.1, 0.15) is 28.8 Å². The molecule has 0 aliphatic rings. The molecule has 6 nitrogen and oxygen atoms in total. The molecule has 5 aromatic rings. The van der Waals surface area contributed by atoms with E-state index in [4.69, 9.17) is 21.3 Å². The molecular formula is C29H24ClN3O3. The second kappa shape index (κ2) is 10.2. The highest BCUT2D eigenvalue weighted by atomic mass is 35.5. The zero-order chi connectivity index (χ0) is 25.1. The molecule has 0 saturated carbocycles. The number of aromatic nitrogens is 2. The van der Waals surface area contributed by atoms with E-state index in [0.717, 1.165) is 38.8 Å². The number of aryl methyl sites for hydroxylation is 1. The minimum Gasteiger partial charge on any atom is -0.465 e. The smallest absolute Gasteiger partial charge is 0.339 e. The minimum absolute atomic E-state index is 0.172. The van der Waals surface area contributed by atoms with Crippen LogP contribution in [0.2, 0.25) is 5.02 Å². The van der Waals surface area contributed by atoms with Gasteiger partial charge in [0.05, 0.1) is 35.3 Å². The Hall–Kier alpha value is -4.16. The summed E-state index contributed by atoms with van der Waals surface area (Å²) in [4.78, 5) is 33.1. The van der Waals surface area contributed by atoms with Crippen molar-refractivity contribution in [1.82, 2.24) is 9.97 Å². The lowest BCUT2D eigenvalue weighted by atomic mass is 10.0. The van der Waals surface area contributed by atoms with Crippen LogP contribution in [0.15, 0.2) is 78.9 Å². The molecule has 5 rings (SSSR count). The number of aromatic amines is 1. The molecule has 0 spiro atoms. The fraction of sp³-hybridized carbons (Fsp3) is 0.138. The maximum Gasteiger partial charge on any atom is 0.339 e. The normalized spacial score (nSPS) is 11.1. The van der Waals surface area contributed by atoms with E-state index in [1.54, 1.807) is 24.3 Å². The van der Waals surface area contributed by atoms with Gasteiger partial charge in [-0.25, -0.2) is 9.78 Å². The Morgan fingerprint density at radius 2 is 1.81 bits per heavy atom. The molecule has 36 heavy (non-hydrogen) atoms. The molecule has 0 saturated heterocycles. The van der Waals surface area contributed by atoms with Gasteiger partial charge in [-0.15, -0.1) is 0 Å². The van der Waals surface area contributed by atoms with Gasteiger partial charge < -0.3 is 15.0 Å². The standard InChI is InChI=1S/C29H24ClN3O3/c1-36-29(35)21-8-3-5-11-24(21)32-27(34)12-6-9-20-22-17-19(30)14-16-25(22)33-28(20)26-15-13-18-7-2-4-10-23(18)31-26/h2-5,7-8,10-11,13-17,33H,6,9,12H2,1H3,(H,32,34). The van der Waals surface area contributed by atoms with Gasteiger partial charge in [-0.3, -0.25) is 4.79 Å². The number of hydrogen-bond donors (Lipinski definition) is 2. The lowest BCUT2D eigenvalue weighted by Gasteiger charge is -2.10. The monoisotopic (exact) mass is 497 g/mol. The zero-order valence-electron chi connectivity index (χ0n) is 19.7. The highest BCUT2D eigenvalue weighted by molar-refractivity contribution is 6.31. The van der Waals surface area contributed by atoms with Crippen LogP contribution < -0.4 is 5.32 Å². The van der Waals surface area contributed by atoms with Crippen molar-refractivity contribution in [3.05, 3.63) is 95.0 Å². The van der Waals surface area contributed by atoms with Gasteiger partial charge in [-0.2, -0.15) is 0 Å². The number of pyridine rings is 1. The predicted molar refractivity (Wildman–Crippen MR) is 143 cm³/mol. The van der Waals surface area contributed by atoms with Gasteiger partial charge in [0.25, 0.3) is 0 Å². The molecular weight excluding hydrogens is 474 g/mol. The molecule has 0 aliphatic carbocycles. The van der Waals surface area contributed by atoms with E-state index < -0.39 is 5.97 Å². The van der Waals surface area contributed by atoms with Gasteiger partial charge in [0.2, 0.25) is 5.91 Å². The molecule has 2 N–H and O–H groups in total. The molecule has 0 bridgehead atoms. The third kappa shape index (κ3) is 4.81. The van der Waals surface area contributed by atoms with Gasteiger partial charge in [-0.1, -0.05) is 48.0 Å². The summed E-state index contributed by atoms with van der Waals surface area (Å²) < 4.78 is 4.81. The van der Waals surface area contributed by atoms with Gasteiger partial charge in [0.15, 0.2) is 0 Å². The number of rotatable bonds is 7. The first-order valence-electron chi connectivity index (χ1n) is 11.7. The van der Waals surface area contributed by atoms with Gasteiger partial charge in [0, 0.05) is 27.7 Å². The van der Waals surface area contributed by atoms with Crippen LogP contribution in [-0.4, -0.2) is 29.0 Å². The van der Waals surface area contributed by atoms with E-state index in [1.807, 2.05) is 48.5 Å². The molecule has 0 aliphatic heterocycles. The molecule has 1 amide bonds. The summed E-state index contributed by atoms with van der Waals surface area (Å²) in [6.07, 6.45) is 1.54. The first-order valence-corrected chi connectivity index (χ1v) is 12.0. The van der Waals surface area contributed by atoms with Crippen LogP contribution in [0, 0.1) is 0 Å². The number of H-pyrrole nitrogens is 1. The van der Waals surface area contributed by atoms with Crippen LogP contribution in [0.25, 0.3) is 33.2 Å². The lowest BCUT2D eigenvalue weighted by molar-refractivity contribution is -0.116. The second-order valence-electron chi connectivity index (χ2n) is 8.50. The Labute approximate surface area is 213 Å². The number of methoxy groups -OCH3 is 1. The first kappa shape index (κ1) is 23.6. The van der Waals surface area contributed by atoms with E-state index in [-0.39, 0.29) is 12.3 Å². The van der Waals surface area contributed by atoms with Crippen molar-refractivity contribution in [2.75, 3.05) is 12.4 Å². The van der Waals surface area contributed by atoms with Gasteiger partial charge in [0.1, 0.15) is 0 Å². The van der Waals surface area contributed by atoms with Crippen LogP contribution in [0.5, 0.6) is 0 Å². The molecule has 3 aromatic carbocycles. The van der Waals surface area contributed by atoms with Crippen molar-refractivity contribution < 1.29 is 14.3 Å². The number of anilines is 1. The lowest BCUT2D eigenvalue weighted by Crippen LogP contribution is -2.15. The summed E-state index contributed by atoms with van der Waals surface area (Å²) >= 11 is 6.32. The van der Waals surface area contributed by atoms with Crippen molar-refractivity contribution in [2.45, 2.75) is 19.3 Å². The summed E-state index contributed by atoms with van der Waals surface area (Å²) in [5.41, 5.74) is 5.48. The SMILES string of the molecule is COC(=O)c1ccccc1NC(=O)CCCc1c(-c2ccc3ccccc3n2)[nH]c2ccc(Cl)cc12. The van der Waals surface area contributed by atoms with E-state index in [9.17, 15) is 9.59 Å².